The molecule has 238 valence electrons. The predicted octanol–water partition coefficient (Wildman–Crippen LogP) is 5.69. The summed E-state index contributed by atoms with van der Waals surface area (Å²) in [5, 5.41) is 0. The van der Waals surface area contributed by atoms with Gasteiger partial charge >= 0.3 is 11.9 Å². The van der Waals surface area contributed by atoms with E-state index in [4.69, 9.17) is 22.3 Å². The van der Waals surface area contributed by atoms with Gasteiger partial charge in [0.25, 0.3) is 23.6 Å². The molecule has 0 N–H and O–H groups in total. The number of carbonyl (C=O) groups is 6. The van der Waals surface area contributed by atoms with Crippen LogP contribution in [0.15, 0.2) is 109 Å². The molecule has 5 aromatic carbocycles. The summed E-state index contributed by atoms with van der Waals surface area (Å²) >= 11 is 0. The SMILES string of the molecule is C#Cc1cccc(N2C(=O)c3ccc(C(=O)Oc4ccc(OC(=O)c5ccc6c(c5)C(=O)N(c5cccc(C#C)c5)C6=O)cc4)cc3C2=O)c1. The van der Waals surface area contributed by atoms with Crippen molar-refractivity contribution < 1.29 is 38.2 Å². The molecule has 2 aliphatic heterocycles. The number of rotatable bonds is 6. The fraction of sp³-hybridized carbons (Fsp3) is 0. The summed E-state index contributed by atoms with van der Waals surface area (Å²) in [6.07, 6.45) is 10.9. The first-order valence-electron chi connectivity index (χ1n) is 14.9. The number of benzene rings is 5. The lowest BCUT2D eigenvalue weighted by molar-refractivity contribution is 0.0719. The fourth-order valence-electron chi connectivity index (χ4n) is 5.58. The van der Waals surface area contributed by atoms with Crippen molar-refractivity contribution in [3.05, 3.63) is 154 Å². The number of esters is 2. The topological polar surface area (TPSA) is 127 Å². The van der Waals surface area contributed by atoms with Crippen molar-refractivity contribution in [2.45, 2.75) is 0 Å². The minimum atomic E-state index is -0.789. The Bertz CT molecular complexity index is 2260. The zero-order chi connectivity index (χ0) is 35.1. The van der Waals surface area contributed by atoms with Crippen LogP contribution in [0.25, 0.3) is 0 Å². The molecular weight excluding hydrogens is 636 g/mol. The standard InChI is InChI=1S/C40H20N2O8/c1-3-23-7-5-9-27(19-23)41-35(43)31-17-11-25(21-33(31)37(41)45)39(47)49-29-13-15-30(16-14-29)50-40(48)26-12-18-32-34(22-26)38(46)42(36(32)44)28-10-6-8-24(4-2)20-28/h1-2,5-22H. The molecule has 0 unspecified atom stereocenters. The highest BCUT2D eigenvalue weighted by Crippen LogP contribution is 2.32. The van der Waals surface area contributed by atoms with Crippen LogP contribution in [-0.2, 0) is 0 Å². The Morgan fingerprint density at radius 1 is 0.480 bits per heavy atom. The molecule has 0 saturated heterocycles. The van der Waals surface area contributed by atoms with E-state index >= 15 is 0 Å². The lowest BCUT2D eigenvalue weighted by Gasteiger charge is -2.13. The van der Waals surface area contributed by atoms with E-state index in [2.05, 4.69) is 11.8 Å². The van der Waals surface area contributed by atoms with Crippen LogP contribution < -0.4 is 19.3 Å². The van der Waals surface area contributed by atoms with Gasteiger partial charge in [-0.25, -0.2) is 19.4 Å². The molecule has 0 aromatic heterocycles. The average Bonchev–Trinajstić information content (AvgIpc) is 3.55. The lowest BCUT2D eigenvalue weighted by Crippen LogP contribution is -2.29. The molecule has 0 atom stereocenters. The molecule has 0 aliphatic carbocycles. The zero-order valence-corrected chi connectivity index (χ0v) is 25.7. The molecule has 0 fully saturated rings. The minimum absolute atomic E-state index is 0.0339. The molecule has 2 aliphatic rings. The maximum absolute atomic E-state index is 13.2. The minimum Gasteiger partial charge on any atom is -0.423 e. The molecule has 50 heavy (non-hydrogen) atoms. The summed E-state index contributed by atoms with van der Waals surface area (Å²) in [5.74, 6) is 1.28. The number of imide groups is 2. The number of hydrogen-bond acceptors (Lipinski definition) is 8. The van der Waals surface area contributed by atoms with E-state index in [0.29, 0.717) is 22.5 Å². The van der Waals surface area contributed by atoms with Crippen molar-refractivity contribution in [2.75, 3.05) is 9.80 Å². The summed E-state index contributed by atoms with van der Waals surface area (Å²) in [4.78, 5) is 80.3. The van der Waals surface area contributed by atoms with E-state index < -0.39 is 35.6 Å². The van der Waals surface area contributed by atoms with Crippen LogP contribution in [0.4, 0.5) is 11.4 Å². The molecule has 0 bridgehead atoms. The zero-order valence-electron chi connectivity index (χ0n) is 25.7. The molecule has 0 spiro atoms. The van der Waals surface area contributed by atoms with Gasteiger partial charge in [0, 0.05) is 11.1 Å². The van der Waals surface area contributed by atoms with Gasteiger partial charge in [-0.2, -0.15) is 0 Å². The van der Waals surface area contributed by atoms with E-state index in [-0.39, 0.29) is 44.9 Å². The molecule has 10 nitrogen and oxygen atoms in total. The van der Waals surface area contributed by atoms with Crippen LogP contribution in [-0.4, -0.2) is 35.6 Å². The molecular formula is C40H20N2O8. The van der Waals surface area contributed by atoms with E-state index in [1.165, 1.54) is 60.7 Å². The van der Waals surface area contributed by atoms with Crippen molar-refractivity contribution in [3.63, 3.8) is 0 Å². The van der Waals surface area contributed by atoms with Gasteiger partial charge in [0.2, 0.25) is 0 Å². The Morgan fingerprint density at radius 2 is 0.860 bits per heavy atom. The summed E-state index contributed by atoms with van der Waals surface area (Å²) in [5.41, 5.74) is 2.04. The van der Waals surface area contributed by atoms with Gasteiger partial charge in [0.05, 0.1) is 44.8 Å². The fourth-order valence-corrected chi connectivity index (χ4v) is 5.58. The number of carbonyl (C=O) groups excluding carboxylic acids is 6. The Morgan fingerprint density at radius 3 is 1.24 bits per heavy atom. The van der Waals surface area contributed by atoms with Crippen LogP contribution in [0.3, 0.4) is 0 Å². The third kappa shape index (κ3) is 5.35. The number of hydrogen-bond donors (Lipinski definition) is 0. The number of ether oxygens (including phenoxy) is 2. The third-order valence-electron chi connectivity index (χ3n) is 8.03. The second-order valence-corrected chi connectivity index (χ2v) is 11.1. The van der Waals surface area contributed by atoms with Crippen molar-refractivity contribution >= 4 is 46.9 Å². The second kappa shape index (κ2) is 12.2. The van der Waals surface area contributed by atoms with E-state index in [1.807, 2.05) is 0 Å². The van der Waals surface area contributed by atoms with Crippen LogP contribution in [0.1, 0.15) is 73.3 Å². The summed E-state index contributed by atoms with van der Waals surface area (Å²) < 4.78 is 10.9. The molecule has 7 rings (SSSR count). The molecule has 10 heteroatoms. The van der Waals surface area contributed by atoms with E-state index in [0.717, 1.165) is 9.80 Å². The maximum atomic E-state index is 13.2. The molecule has 0 saturated carbocycles. The first-order chi connectivity index (χ1) is 24.2. The summed E-state index contributed by atoms with van der Waals surface area (Å²) in [6, 6.07) is 26.6. The number of anilines is 2. The van der Waals surface area contributed by atoms with Crippen LogP contribution >= 0.6 is 0 Å². The van der Waals surface area contributed by atoms with Gasteiger partial charge in [-0.15, -0.1) is 12.8 Å². The molecule has 4 amide bonds. The number of fused-ring (bicyclic) bond motifs is 2. The first kappa shape index (κ1) is 31.1. The summed E-state index contributed by atoms with van der Waals surface area (Å²) in [6.45, 7) is 0. The van der Waals surface area contributed by atoms with Gasteiger partial charge < -0.3 is 9.47 Å². The van der Waals surface area contributed by atoms with Crippen molar-refractivity contribution in [2.24, 2.45) is 0 Å². The third-order valence-corrected chi connectivity index (χ3v) is 8.03. The Kier molecular flexibility index (Phi) is 7.60. The van der Waals surface area contributed by atoms with E-state index in [1.54, 1.807) is 48.5 Å². The van der Waals surface area contributed by atoms with Crippen LogP contribution in [0.2, 0.25) is 0 Å². The highest BCUT2D eigenvalue weighted by molar-refractivity contribution is 6.35. The second-order valence-electron chi connectivity index (χ2n) is 11.1. The Balaban J connectivity index is 1.02. The van der Waals surface area contributed by atoms with Crippen molar-refractivity contribution in [1.29, 1.82) is 0 Å². The number of amides is 4. The number of terminal acetylenes is 2. The molecule has 0 radical (unpaired) electrons. The maximum Gasteiger partial charge on any atom is 0.343 e. The average molecular weight is 657 g/mol. The van der Waals surface area contributed by atoms with Gasteiger partial charge in [-0.3, -0.25) is 19.2 Å². The largest absolute Gasteiger partial charge is 0.423 e. The highest BCUT2D eigenvalue weighted by atomic mass is 16.5. The highest BCUT2D eigenvalue weighted by Gasteiger charge is 2.38. The van der Waals surface area contributed by atoms with E-state index in [9.17, 15) is 28.8 Å². The van der Waals surface area contributed by atoms with Gasteiger partial charge in [-0.05, 0) is 97.1 Å². The van der Waals surface area contributed by atoms with Crippen LogP contribution in [0.5, 0.6) is 11.5 Å². The molecule has 5 aromatic rings. The van der Waals surface area contributed by atoms with Crippen molar-refractivity contribution in [1.82, 2.24) is 0 Å². The Hall–Kier alpha value is -7.56. The van der Waals surface area contributed by atoms with Gasteiger partial charge in [0.1, 0.15) is 11.5 Å². The summed E-state index contributed by atoms with van der Waals surface area (Å²) in [7, 11) is 0. The smallest absolute Gasteiger partial charge is 0.343 e. The molecule has 2 heterocycles. The van der Waals surface area contributed by atoms with Gasteiger partial charge in [-0.1, -0.05) is 24.0 Å². The van der Waals surface area contributed by atoms with Crippen molar-refractivity contribution in [3.8, 4) is 36.2 Å². The van der Waals surface area contributed by atoms with Gasteiger partial charge in [0.15, 0.2) is 0 Å². The predicted molar refractivity (Wildman–Crippen MR) is 180 cm³/mol. The quantitative estimate of drug-likeness (QED) is 0.0988. The normalized spacial score (nSPS) is 13.0. The first-order valence-corrected chi connectivity index (χ1v) is 14.9. The lowest BCUT2D eigenvalue weighted by atomic mass is 10.1. The Labute approximate surface area is 284 Å². The number of nitrogens with zero attached hydrogens (tertiary/aromatic N) is 2. The van der Waals surface area contributed by atoms with Crippen LogP contribution in [0, 0.1) is 24.7 Å². The monoisotopic (exact) mass is 656 g/mol.